The fourth-order valence-electron chi connectivity index (χ4n) is 6.13. The molecule has 0 aromatic rings. The number of allylic oxidation sites excluding steroid dienone is 2. The molecule has 0 unspecified atom stereocenters. The molecule has 33 heavy (non-hydrogen) atoms. The molecular formula is C26H35NO6. The first-order valence-electron chi connectivity index (χ1n) is 12.0. The van der Waals surface area contributed by atoms with Crippen molar-refractivity contribution in [2.24, 2.45) is 35.5 Å². The minimum Gasteiger partial charge on any atom is -0.481 e. The minimum absolute atomic E-state index is 0.0215. The third kappa shape index (κ3) is 4.60. The number of nitrogens with one attached hydrogen (secondary N) is 1. The number of carboxylic acids is 1. The van der Waals surface area contributed by atoms with E-state index in [0.29, 0.717) is 12.8 Å². The summed E-state index contributed by atoms with van der Waals surface area (Å²) in [5.41, 5.74) is -1.40. The zero-order chi connectivity index (χ0) is 24.5. The highest BCUT2D eigenvalue weighted by atomic mass is 16.4. The number of carbonyl (C=O) groups is 4. The number of aliphatic hydroxyl groups is 1. The van der Waals surface area contributed by atoms with E-state index in [4.69, 9.17) is 0 Å². The summed E-state index contributed by atoms with van der Waals surface area (Å²) in [4.78, 5) is 51.1. The Bertz CT molecular complexity index is 918. The Hall–Kier alpha value is -2.54. The minimum atomic E-state index is -1.45. The van der Waals surface area contributed by atoms with Gasteiger partial charge in [-0.2, -0.15) is 0 Å². The van der Waals surface area contributed by atoms with Gasteiger partial charge in [-0.25, -0.2) is 0 Å². The number of carboxylic acid groups (broad SMARTS) is 1. The van der Waals surface area contributed by atoms with E-state index in [2.05, 4.69) is 18.8 Å². The van der Waals surface area contributed by atoms with Gasteiger partial charge in [-0.05, 0) is 31.1 Å². The van der Waals surface area contributed by atoms with E-state index in [1.807, 2.05) is 13.8 Å². The molecule has 1 heterocycles. The fourth-order valence-corrected chi connectivity index (χ4v) is 6.13. The van der Waals surface area contributed by atoms with Gasteiger partial charge in [-0.1, -0.05) is 58.3 Å². The average Bonchev–Trinajstić information content (AvgIpc) is 3.05. The molecule has 2 amide bonds. The lowest BCUT2D eigenvalue weighted by atomic mass is 9.55. The van der Waals surface area contributed by atoms with Crippen molar-refractivity contribution in [3.8, 4) is 0 Å². The molecule has 7 nitrogen and oxygen atoms in total. The van der Waals surface area contributed by atoms with Gasteiger partial charge >= 0.3 is 5.97 Å². The molecule has 7 atom stereocenters. The van der Waals surface area contributed by atoms with Gasteiger partial charge in [0.05, 0.1) is 17.1 Å². The lowest BCUT2D eigenvalue weighted by molar-refractivity contribution is -0.155. The Morgan fingerprint density at radius 2 is 1.97 bits per heavy atom. The van der Waals surface area contributed by atoms with E-state index in [1.165, 1.54) is 0 Å². The van der Waals surface area contributed by atoms with Crippen LogP contribution in [0, 0.1) is 35.5 Å². The van der Waals surface area contributed by atoms with Crippen LogP contribution >= 0.6 is 0 Å². The molecule has 1 saturated carbocycles. The maximum atomic E-state index is 13.9. The van der Waals surface area contributed by atoms with Crippen LogP contribution < -0.4 is 5.32 Å². The zero-order valence-electron chi connectivity index (χ0n) is 19.7. The molecule has 0 spiro atoms. The quantitative estimate of drug-likeness (QED) is 0.212. The van der Waals surface area contributed by atoms with E-state index >= 15 is 0 Å². The zero-order valence-corrected chi connectivity index (χ0v) is 19.7. The number of hydrogen-bond acceptors (Lipinski definition) is 5. The van der Waals surface area contributed by atoms with E-state index in [-0.39, 0.29) is 29.4 Å². The number of fused-ring (bicyclic) bond motifs is 1. The molecule has 1 fully saturated rings. The molecule has 3 aliphatic rings. The van der Waals surface area contributed by atoms with Crippen LogP contribution in [0.4, 0.5) is 0 Å². The van der Waals surface area contributed by atoms with Gasteiger partial charge in [-0.15, -0.1) is 6.58 Å². The lowest BCUT2D eigenvalue weighted by Gasteiger charge is -2.51. The second-order valence-electron chi connectivity index (χ2n) is 9.99. The Morgan fingerprint density at radius 1 is 1.27 bits per heavy atom. The molecule has 0 bridgehead atoms. The largest absolute Gasteiger partial charge is 0.481 e. The maximum absolute atomic E-state index is 13.9. The Labute approximate surface area is 195 Å². The second kappa shape index (κ2) is 9.75. The van der Waals surface area contributed by atoms with Crippen LogP contribution in [-0.2, 0) is 19.2 Å². The van der Waals surface area contributed by atoms with Gasteiger partial charge in [-0.3, -0.25) is 24.5 Å². The number of imide groups is 1. The van der Waals surface area contributed by atoms with E-state index in [1.54, 1.807) is 18.2 Å². The van der Waals surface area contributed by atoms with Crippen LogP contribution in [0.15, 0.2) is 36.0 Å². The van der Waals surface area contributed by atoms with Crippen molar-refractivity contribution >= 4 is 23.6 Å². The summed E-state index contributed by atoms with van der Waals surface area (Å²) in [6.45, 7) is 9.61. The van der Waals surface area contributed by atoms with Crippen LogP contribution in [0.25, 0.3) is 0 Å². The molecule has 7 heteroatoms. The Kier molecular flexibility index (Phi) is 7.42. The first-order chi connectivity index (χ1) is 15.6. The first-order valence-corrected chi connectivity index (χ1v) is 12.0. The molecular weight excluding hydrogens is 422 g/mol. The summed E-state index contributed by atoms with van der Waals surface area (Å²) in [6.07, 6.45) is 8.79. The van der Waals surface area contributed by atoms with Crippen molar-refractivity contribution in [3.05, 3.63) is 36.0 Å². The standard InChI is InChI=1S/C26H35NO6/c1-5-7-8-9-16(6-2)19-20(24(30)27-23(19)29)22(28)18-14(3)10-11-26(33)13-17(25(31)32)12-15(4)21(18)26/h6,10-11,14-18,21,33H,2,5,7-9,12-13H2,1,3-4H3,(H,31,32)(H,27,29,30)/t14-,15+,16-,17-,18+,21-,26+/m1/s1. The molecule has 2 aliphatic carbocycles. The number of carbonyl (C=O) groups excluding carboxylic acids is 3. The number of Topliss-reactive ketones (excluding diaryl/α,β-unsaturated/α-hetero) is 1. The molecule has 0 saturated heterocycles. The highest BCUT2D eigenvalue weighted by molar-refractivity contribution is 6.33. The van der Waals surface area contributed by atoms with Crippen molar-refractivity contribution in [2.45, 2.75) is 64.9 Å². The van der Waals surface area contributed by atoms with Gasteiger partial charge in [0.15, 0.2) is 5.78 Å². The lowest BCUT2D eigenvalue weighted by Crippen LogP contribution is -2.55. The topological polar surface area (TPSA) is 121 Å². The molecule has 180 valence electrons. The summed E-state index contributed by atoms with van der Waals surface area (Å²) in [5.74, 6) is -5.57. The highest BCUT2D eigenvalue weighted by Gasteiger charge is 2.55. The SMILES string of the molecule is C=C[C@H](CCCCC)C1=C(C(=O)[C@@H]2[C@H]3[C@@H](C)C[C@@H](C(=O)O)C[C@@]3(O)C=C[C@H]2C)C(=O)NC1=O. The van der Waals surface area contributed by atoms with Crippen molar-refractivity contribution in [1.29, 1.82) is 0 Å². The molecule has 0 aromatic carbocycles. The van der Waals surface area contributed by atoms with Gasteiger partial charge in [0.25, 0.3) is 11.8 Å². The molecule has 0 radical (unpaired) electrons. The number of hydrogen-bond donors (Lipinski definition) is 3. The smallest absolute Gasteiger partial charge is 0.306 e. The normalized spacial score (nSPS) is 34.6. The van der Waals surface area contributed by atoms with E-state index < -0.39 is 52.8 Å². The number of rotatable bonds is 9. The average molecular weight is 458 g/mol. The maximum Gasteiger partial charge on any atom is 0.306 e. The van der Waals surface area contributed by atoms with E-state index in [9.17, 15) is 29.4 Å². The predicted molar refractivity (Wildman–Crippen MR) is 123 cm³/mol. The Balaban J connectivity index is 2.02. The summed E-state index contributed by atoms with van der Waals surface area (Å²) in [6, 6.07) is 0. The van der Waals surface area contributed by atoms with Gasteiger partial charge in [0, 0.05) is 23.3 Å². The molecule has 3 N–H and O–H groups in total. The summed E-state index contributed by atoms with van der Waals surface area (Å²) in [7, 11) is 0. The van der Waals surface area contributed by atoms with Crippen molar-refractivity contribution in [1.82, 2.24) is 5.32 Å². The van der Waals surface area contributed by atoms with Gasteiger partial charge in [0.2, 0.25) is 0 Å². The molecule has 1 aliphatic heterocycles. The summed E-state index contributed by atoms with van der Waals surface area (Å²) >= 11 is 0. The molecule has 0 aromatic heterocycles. The van der Waals surface area contributed by atoms with Crippen LogP contribution in [0.3, 0.4) is 0 Å². The van der Waals surface area contributed by atoms with Crippen molar-refractivity contribution in [2.75, 3.05) is 0 Å². The van der Waals surface area contributed by atoms with Gasteiger partial charge in [0.1, 0.15) is 0 Å². The van der Waals surface area contributed by atoms with Gasteiger partial charge < -0.3 is 10.2 Å². The van der Waals surface area contributed by atoms with Crippen LogP contribution in [-0.4, -0.2) is 39.4 Å². The third-order valence-electron chi connectivity index (χ3n) is 7.70. The number of ketones is 1. The van der Waals surface area contributed by atoms with Crippen molar-refractivity contribution < 1.29 is 29.4 Å². The third-order valence-corrected chi connectivity index (χ3v) is 7.70. The second-order valence-corrected chi connectivity index (χ2v) is 9.99. The first kappa shape index (κ1) is 25.1. The van der Waals surface area contributed by atoms with Crippen LogP contribution in [0.1, 0.15) is 59.3 Å². The Morgan fingerprint density at radius 3 is 2.58 bits per heavy atom. The van der Waals surface area contributed by atoms with Crippen LogP contribution in [0.5, 0.6) is 0 Å². The summed E-state index contributed by atoms with van der Waals surface area (Å²) in [5, 5.41) is 23.3. The fraction of sp³-hybridized carbons (Fsp3) is 0.615. The van der Waals surface area contributed by atoms with Crippen LogP contribution in [0.2, 0.25) is 0 Å². The molecule has 3 rings (SSSR count). The number of amides is 2. The monoisotopic (exact) mass is 457 g/mol. The highest BCUT2D eigenvalue weighted by Crippen LogP contribution is 2.51. The van der Waals surface area contributed by atoms with E-state index in [0.717, 1.165) is 19.3 Å². The number of unbranched alkanes of at least 4 members (excludes halogenated alkanes) is 2. The van der Waals surface area contributed by atoms with Crippen molar-refractivity contribution in [3.63, 3.8) is 0 Å². The summed E-state index contributed by atoms with van der Waals surface area (Å²) < 4.78 is 0. The number of aliphatic carboxylic acids is 1. The predicted octanol–water partition coefficient (Wildman–Crippen LogP) is 3.19.